The van der Waals surface area contributed by atoms with Gasteiger partial charge in [-0.05, 0) is 37.5 Å². The second-order valence-electron chi connectivity index (χ2n) is 5.54. The predicted molar refractivity (Wildman–Crippen MR) is 84.3 cm³/mol. The predicted octanol–water partition coefficient (Wildman–Crippen LogP) is 3.22. The zero-order valence-corrected chi connectivity index (χ0v) is 13.7. The summed E-state index contributed by atoms with van der Waals surface area (Å²) in [5.74, 6) is 0.969. The molecule has 1 aromatic heterocycles. The number of rotatable bonds is 3. The summed E-state index contributed by atoms with van der Waals surface area (Å²) in [6.07, 6.45) is 3.35. The molecule has 1 aliphatic rings. The van der Waals surface area contributed by atoms with E-state index in [1.165, 1.54) is 0 Å². The van der Waals surface area contributed by atoms with Crippen LogP contribution in [0.4, 0.5) is 0 Å². The molecule has 21 heavy (non-hydrogen) atoms. The van der Waals surface area contributed by atoms with Gasteiger partial charge in [-0.3, -0.25) is 9.48 Å². The number of ether oxygens (including phenoxy) is 1. The Bertz CT molecular complexity index is 674. The van der Waals surface area contributed by atoms with Crippen LogP contribution in [0.3, 0.4) is 0 Å². The van der Waals surface area contributed by atoms with Crippen molar-refractivity contribution in [2.24, 2.45) is 0 Å². The lowest BCUT2D eigenvalue weighted by atomic mass is 9.87. The molecule has 0 aliphatic heterocycles. The third kappa shape index (κ3) is 2.62. The SMILES string of the molecule is COc1ccc(Cn2ncc3c2CCC(C)(Br)C3=O)cc1. The van der Waals surface area contributed by atoms with E-state index in [1.807, 2.05) is 35.9 Å². The van der Waals surface area contributed by atoms with E-state index in [-0.39, 0.29) is 5.78 Å². The number of hydrogen-bond acceptors (Lipinski definition) is 3. The van der Waals surface area contributed by atoms with Gasteiger partial charge in [-0.15, -0.1) is 0 Å². The monoisotopic (exact) mass is 348 g/mol. The fraction of sp³-hybridized carbons (Fsp3) is 0.375. The fourth-order valence-electron chi connectivity index (χ4n) is 2.65. The van der Waals surface area contributed by atoms with Crippen LogP contribution in [0.2, 0.25) is 0 Å². The van der Waals surface area contributed by atoms with Crippen molar-refractivity contribution in [3.05, 3.63) is 47.3 Å². The van der Waals surface area contributed by atoms with Crippen LogP contribution in [0, 0.1) is 0 Å². The highest BCUT2D eigenvalue weighted by Crippen LogP contribution is 2.34. The highest BCUT2D eigenvalue weighted by Gasteiger charge is 2.38. The Balaban J connectivity index is 1.86. The van der Waals surface area contributed by atoms with Gasteiger partial charge in [0.05, 0.1) is 29.7 Å². The van der Waals surface area contributed by atoms with E-state index in [9.17, 15) is 4.79 Å². The van der Waals surface area contributed by atoms with E-state index >= 15 is 0 Å². The van der Waals surface area contributed by atoms with Crippen LogP contribution in [0.25, 0.3) is 0 Å². The van der Waals surface area contributed by atoms with E-state index < -0.39 is 4.32 Å². The standard InChI is InChI=1S/C16H17BrN2O2/c1-16(17)8-7-14-13(15(16)20)9-18-19(14)10-11-3-5-12(21-2)6-4-11/h3-6,9H,7-8,10H2,1-2H3. The van der Waals surface area contributed by atoms with Crippen LogP contribution >= 0.6 is 15.9 Å². The summed E-state index contributed by atoms with van der Waals surface area (Å²) in [5, 5.41) is 4.40. The first-order valence-corrected chi connectivity index (χ1v) is 7.72. The molecule has 1 aliphatic carbocycles. The van der Waals surface area contributed by atoms with Gasteiger partial charge in [-0.1, -0.05) is 28.1 Å². The third-order valence-corrected chi connectivity index (χ3v) is 4.75. The van der Waals surface area contributed by atoms with E-state index in [0.717, 1.165) is 35.4 Å². The minimum atomic E-state index is -0.450. The van der Waals surface area contributed by atoms with Gasteiger partial charge in [0.2, 0.25) is 0 Å². The van der Waals surface area contributed by atoms with Gasteiger partial charge in [-0.25, -0.2) is 0 Å². The molecule has 0 fully saturated rings. The average molecular weight is 349 g/mol. The zero-order valence-electron chi connectivity index (χ0n) is 12.1. The van der Waals surface area contributed by atoms with Crippen molar-refractivity contribution in [2.75, 3.05) is 7.11 Å². The van der Waals surface area contributed by atoms with Crippen LogP contribution in [0.1, 0.15) is 35.0 Å². The summed E-state index contributed by atoms with van der Waals surface area (Å²) < 4.78 is 6.64. The molecule has 4 nitrogen and oxygen atoms in total. The Morgan fingerprint density at radius 3 is 2.76 bits per heavy atom. The van der Waals surface area contributed by atoms with Crippen molar-refractivity contribution in [1.82, 2.24) is 9.78 Å². The van der Waals surface area contributed by atoms with Gasteiger partial charge in [0.15, 0.2) is 5.78 Å². The quantitative estimate of drug-likeness (QED) is 0.800. The number of halogens is 1. The van der Waals surface area contributed by atoms with Crippen LogP contribution in [-0.4, -0.2) is 27.0 Å². The van der Waals surface area contributed by atoms with Gasteiger partial charge < -0.3 is 4.74 Å². The number of fused-ring (bicyclic) bond motifs is 1. The van der Waals surface area contributed by atoms with Crippen LogP contribution in [0.5, 0.6) is 5.75 Å². The molecule has 1 heterocycles. The van der Waals surface area contributed by atoms with Crippen LogP contribution < -0.4 is 4.74 Å². The summed E-state index contributed by atoms with van der Waals surface area (Å²) in [6.45, 7) is 2.60. The highest BCUT2D eigenvalue weighted by molar-refractivity contribution is 9.10. The average Bonchev–Trinajstić information content (AvgIpc) is 2.87. The molecule has 110 valence electrons. The smallest absolute Gasteiger partial charge is 0.182 e. The molecular formula is C16H17BrN2O2. The van der Waals surface area contributed by atoms with E-state index in [0.29, 0.717) is 6.54 Å². The second-order valence-corrected chi connectivity index (χ2v) is 7.29. The Labute approximate surface area is 132 Å². The molecule has 1 atom stereocenters. The second kappa shape index (κ2) is 5.30. The number of hydrogen-bond donors (Lipinski definition) is 0. The van der Waals surface area contributed by atoms with Crippen molar-refractivity contribution in [1.29, 1.82) is 0 Å². The van der Waals surface area contributed by atoms with Gasteiger partial charge in [0, 0.05) is 5.69 Å². The van der Waals surface area contributed by atoms with Crippen molar-refractivity contribution in [3.8, 4) is 5.75 Å². The Hall–Kier alpha value is -1.62. The minimum Gasteiger partial charge on any atom is -0.497 e. The fourth-order valence-corrected chi connectivity index (χ4v) is 3.06. The summed E-state index contributed by atoms with van der Waals surface area (Å²) in [7, 11) is 1.65. The molecule has 0 bridgehead atoms. The number of carbonyl (C=O) groups is 1. The third-order valence-electron chi connectivity index (χ3n) is 3.99. The molecule has 1 unspecified atom stereocenters. The molecule has 0 saturated carbocycles. The molecule has 0 N–H and O–H groups in total. The van der Waals surface area contributed by atoms with Gasteiger partial charge >= 0.3 is 0 Å². The molecule has 0 radical (unpaired) electrons. The Kier molecular flexibility index (Phi) is 3.61. The molecule has 2 aromatic rings. The van der Waals surface area contributed by atoms with Crippen molar-refractivity contribution in [2.45, 2.75) is 30.6 Å². The van der Waals surface area contributed by atoms with Crippen LogP contribution in [-0.2, 0) is 13.0 Å². The summed E-state index contributed by atoms with van der Waals surface area (Å²) in [6, 6.07) is 7.91. The molecule has 5 heteroatoms. The zero-order chi connectivity index (χ0) is 15.0. The first kappa shape index (κ1) is 14.3. The largest absolute Gasteiger partial charge is 0.497 e. The lowest BCUT2D eigenvalue weighted by Crippen LogP contribution is -2.34. The van der Waals surface area contributed by atoms with Crippen molar-refractivity contribution in [3.63, 3.8) is 0 Å². The molecule has 0 spiro atoms. The molecule has 0 saturated heterocycles. The van der Waals surface area contributed by atoms with Gasteiger partial charge in [-0.2, -0.15) is 5.10 Å². The molecular weight excluding hydrogens is 332 g/mol. The number of benzene rings is 1. The highest BCUT2D eigenvalue weighted by atomic mass is 79.9. The molecule has 1 aromatic carbocycles. The Morgan fingerprint density at radius 1 is 1.38 bits per heavy atom. The number of carbonyl (C=O) groups excluding carboxylic acids is 1. The summed E-state index contributed by atoms with van der Waals surface area (Å²) in [4.78, 5) is 12.4. The number of ketones is 1. The lowest BCUT2D eigenvalue weighted by Gasteiger charge is -2.26. The summed E-state index contributed by atoms with van der Waals surface area (Å²) >= 11 is 3.52. The van der Waals surface area contributed by atoms with E-state index in [4.69, 9.17) is 4.74 Å². The van der Waals surface area contributed by atoms with E-state index in [2.05, 4.69) is 21.0 Å². The van der Waals surface area contributed by atoms with Gasteiger partial charge in [0.1, 0.15) is 5.75 Å². The number of aromatic nitrogens is 2. The normalized spacial score (nSPS) is 21.2. The summed E-state index contributed by atoms with van der Waals surface area (Å²) in [5.41, 5.74) is 2.92. The maximum absolute atomic E-state index is 12.4. The minimum absolute atomic E-state index is 0.129. The van der Waals surface area contributed by atoms with Crippen molar-refractivity contribution >= 4 is 21.7 Å². The maximum atomic E-state index is 12.4. The molecule has 3 rings (SSSR count). The van der Waals surface area contributed by atoms with Crippen LogP contribution in [0.15, 0.2) is 30.5 Å². The first-order valence-electron chi connectivity index (χ1n) is 6.92. The topological polar surface area (TPSA) is 44.1 Å². The maximum Gasteiger partial charge on any atom is 0.182 e. The van der Waals surface area contributed by atoms with E-state index in [1.54, 1.807) is 13.3 Å². The Morgan fingerprint density at radius 2 is 2.10 bits per heavy atom. The number of Topliss-reactive ketones (excluding diaryl/α,β-unsaturated/α-hetero) is 1. The number of nitrogens with zero attached hydrogens (tertiary/aromatic N) is 2. The number of methoxy groups -OCH3 is 1. The molecule has 0 amide bonds. The lowest BCUT2D eigenvalue weighted by molar-refractivity contribution is 0.0939. The van der Waals surface area contributed by atoms with Crippen molar-refractivity contribution < 1.29 is 9.53 Å². The number of alkyl halides is 1. The first-order chi connectivity index (χ1) is 10.0. The van der Waals surface area contributed by atoms with Gasteiger partial charge in [0.25, 0.3) is 0 Å².